The van der Waals surface area contributed by atoms with Gasteiger partial charge in [-0.05, 0) is 0 Å². The van der Waals surface area contributed by atoms with Crippen molar-refractivity contribution >= 4 is 8.97 Å². The van der Waals surface area contributed by atoms with Gasteiger partial charge in [0.15, 0.2) is 0 Å². The maximum Gasteiger partial charge on any atom is 0.591 e. The summed E-state index contributed by atoms with van der Waals surface area (Å²) in [5.74, 6) is 0. The van der Waals surface area contributed by atoms with Gasteiger partial charge in [0.1, 0.15) is 0 Å². The zero-order valence-electron chi connectivity index (χ0n) is 5.62. The highest BCUT2D eigenvalue weighted by Gasteiger charge is 2.37. The molecule has 0 amide bonds. The molecular formula is C4H12N2O3Si. The van der Waals surface area contributed by atoms with E-state index in [1.165, 1.54) is 4.57 Å². The molecule has 0 radical (unpaired) electrons. The van der Waals surface area contributed by atoms with E-state index >= 15 is 0 Å². The molecule has 60 valence electrons. The highest BCUT2D eigenvalue weighted by Crippen LogP contribution is 1.99. The van der Waals surface area contributed by atoms with E-state index in [0.29, 0.717) is 26.2 Å². The minimum atomic E-state index is -3.96. The van der Waals surface area contributed by atoms with Crippen molar-refractivity contribution in [3.8, 4) is 0 Å². The quantitative estimate of drug-likeness (QED) is 0.317. The van der Waals surface area contributed by atoms with Gasteiger partial charge in [0, 0.05) is 26.2 Å². The number of nitrogens with zero attached hydrogens (tertiary/aromatic N) is 1. The molecule has 5 nitrogen and oxygen atoms in total. The van der Waals surface area contributed by atoms with Gasteiger partial charge >= 0.3 is 8.97 Å². The van der Waals surface area contributed by atoms with Crippen molar-refractivity contribution < 1.29 is 14.4 Å². The van der Waals surface area contributed by atoms with E-state index < -0.39 is 8.97 Å². The van der Waals surface area contributed by atoms with Crippen LogP contribution in [0.15, 0.2) is 0 Å². The SMILES string of the molecule is O[Si](O)(O)N1CCNCC1. The van der Waals surface area contributed by atoms with Crippen LogP contribution in [0.2, 0.25) is 0 Å². The van der Waals surface area contributed by atoms with Crippen molar-refractivity contribution in [2.24, 2.45) is 0 Å². The number of rotatable bonds is 1. The van der Waals surface area contributed by atoms with Gasteiger partial charge in [0.2, 0.25) is 0 Å². The fourth-order valence-electron chi connectivity index (χ4n) is 0.965. The molecule has 1 rings (SSSR count). The molecule has 0 spiro atoms. The minimum absolute atomic E-state index is 0.510. The molecule has 1 aliphatic heterocycles. The predicted molar refractivity (Wildman–Crippen MR) is 36.9 cm³/mol. The number of nitrogens with one attached hydrogen (secondary N) is 1. The molecule has 0 aliphatic carbocycles. The van der Waals surface area contributed by atoms with Crippen LogP contribution in [0.5, 0.6) is 0 Å². The van der Waals surface area contributed by atoms with E-state index in [1.807, 2.05) is 0 Å². The summed E-state index contributed by atoms with van der Waals surface area (Å²) in [6.45, 7) is 2.43. The van der Waals surface area contributed by atoms with Crippen LogP contribution >= 0.6 is 0 Å². The van der Waals surface area contributed by atoms with Crippen LogP contribution in [-0.2, 0) is 0 Å². The Labute approximate surface area is 60.4 Å². The average Bonchev–Trinajstić information content (AvgIpc) is 1.88. The number of hydrogen-bond donors (Lipinski definition) is 4. The highest BCUT2D eigenvalue weighted by atomic mass is 28.4. The van der Waals surface area contributed by atoms with E-state index in [9.17, 15) is 0 Å². The second-order valence-electron chi connectivity index (χ2n) is 2.34. The van der Waals surface area contributed by atoms with E-state index in [1.54, 1.807) is 0 Å². The van der Waals surface area contributed by atoms with Gasteiger partial charge in [-0.25, -0.2) is 0 Å². The lowest BCUT2D eigenvalue weighted by atomic mass is 10.4. The Balaban J connectivity index is 2.39. The summed E-state index contributed by atoms with van der Waals surface area (Å²) in [4.78, 5) is 26.4. The number of piperazine rings is 1. The Morgan fingerprint density at radius 3 is 1.90 bits per heavy atom. The molecule has 0 unspecified atom stereocenters. The summed E-state index contributed by atoms with van der Waals surface area (Å²) in [6.07, 6.45) is 0. The molecule has 0 bridgehead atoms. The average molecular weight is 164 g/mol. The van der Waals surface area contributed by atoms with Crippen molar-refractivity contribution in [3.05, 3.63) is 0 Å². The molecule has 1 aliphatic rings. The first kappa shape index (κ1) is 8.12. The normalized spacial score (nSPS) is 23.1. The van der Waals surface area contributed by atoms with Crippen LogP contribution in [0, 0.1) is 0 Å². The van der Waals surface area contributed by atoms with Crippen LogP contribution in [0.3, 0.4) is 0 Å². The van der Waals surface area contributed by atoms with Crippen LogP contribution in [-0.4, -0.2) is 54.1 Å². The fourth-order valence-corrected chi connectivity index (χ4v) is 1.79. The maximum atomic E-state index is 8.79. The third-order valence-corrected chi connectivity index (χ3v) is 2.84. The van der Waals surface area contributed by atoms with Gasteiger partial charge in [-0.1, -0.05) is 0 Å². The Hall–Kier alpha value is 0.0169. The van der Waals surface area contributed by atoms with Gasteiger partial charge in [-0.3, -0.25) is 4.57 Å². The molecule has 4 N–H and O–H groups in total. The van der Waals surface area contributed by atoms with E-state index in [0.717, 1.165) is 0 Å². The monoisotopic (exact) mass is 164 g/mol. The van der Waals surface area contributed by atoms with E-state index in [-0.39, 0.29) is 0 Å². The van der Waals surface area contributed by atoms with Crippen molar-refractivity contribution in [2.45, 2.75) is 0 Å². The molecule has 1 fully saturated rings. The van der Waals surface area contributed by atoms with Crippen molar-refractivity contribution in [1.29, 1.82) is 0 Å². The van der Waals surface area contributed by atoms with Crippen molar-refractivity contribution in [2.75, 3.05) is 26.2 Å². The predicted octanol–water partition coefficient (Wildman–Crippen LogP) is -2.70. The van der Waals surface area contributed by atoms with Crippen molar-refractivity contribution in [1.82, 2.24) is 9.88 Å². The maximum absolute atomic E-state index is 8.79. The second kappa shape index (κ2) is 2.95. The van der Waals surface area contributed by atoms with Crippen LogP contribution < -0.4 is 5.32 Å². The smallest absolute Gasteiger partial charge is 0.377 e. The topological polar surface area (TPSA) is 76.0 Å². The third-order valence-electron chi connectivity index (χ3n) is 1.54. The Morgan fingerprint density at radius 2 is 1.60 bits per heavy atom. The second-order valence-corrected chi connectivity index (χ2v) is 4.17. The van der Waals surface area contributed by atoms with Crippen LogP contribution in [0.4, 0.5) is 0 Å². The summed E-state index contributed by atoms with van der Waals surface area (Å²) in [7, 11) is -3.96. The van der Waals surface area contributed by atoms with Crippen LogP contribution in [0.25, 0.3) is 0 Å². The lowest BCUT2D eigenvalue weighted by Gasteiger charge is -2.30. The van der Waals surface area contributed by atoms with Gasteiger partial charge in [-0.2, -0.15) is 0 Å². The summed E-state index contributed by atoms with van der Waals surface area (Å²) in [5, 5.41) is 3.03. The lowest BCUT2D eigenvalue weighted by Crippen LogP contribution is -2.60. The lowest BCUT2D eigenvalue weighted by molar-refractivity contribution is 0.123. The molecule has 1 heterocycles. The largest absolute Gasteiger partial charge is 0.591 e. The Morgan fingerprint density at radius 1 is 1.10 bits per heavy atom. The third kappa shape index (κ3) is 2.01. The number of hydrogen-bond acceptors (Lipinski definition) is 5. The van der Waals surface area contributed by atoms with Gasteiger partial charge < -0.3 is 19.7 Å². The van der Waals surface area contributed by atoms with Gasteiger partial charge in [-0.15, -0.1) is 0 Å². The summed E-state index contributed by atoms with van der Waals surface area (Å²) in [5.41, 5.74) is 0. The van der Waals surface area contributed by atoms with Crippen LogP contribution in [0.1, 0.15) is 0 Å². The van der Waals surface area contributed by atoms with Gasteiger partial charge in [0.25, 0.3) is 0 Å². The molecule has 6 heteroatoms. The van der Waals surface area contributed by atoms with Gasteiger partial charge in [0.05, 0.1) is 0 Å². The summed E-state index contributed by atoms with van der Waals surface area (Å²) >= 11 is 0. The molecule has 0 aromatic rings. The fraction of sp³-hybridized carbons (Fsp3) is 1.00. The Bertz CT molecular complexity index is 110. The molecule has 10 heavy (non-hydrogen) atoms. The molecule has 0 aromatic carbocycles. The van der Waals surface area contributed by atoms with Crippen molar-refractivity contribution in [3.63, 3.8) is 0 Å². The standard InChI is InChI=1S/C4H12N2O3Si/c7-10(8,9)6-3-1-5-2-4-6/h5,7-9H,1-4H2. The van der Waals surface area contributed by atoms with E-state index in [2.05, 4.69) is 5.32 Å². The van der Waals surface area contributed by atoms with E-state index in [4.69, 9.17) is 14.4 Å². The molecule has 0 atom stereocenters. The summed E-state index contributed by atoms with van der Waals surface area (Å²) < 4.78 is 1.32. The molecular weight excluding hydrogens is 152 g/mol. The first-order valence-electron chi connectivity index (χ1n) is 3.23. The highest BCUT2D eigenvalue weighted by molar-refractivity contribution is 6.52. The minimum Gasteiger partial charge on any atom is -0.377 e. The summed E-state index contributed by atoms with van der Waals surface area (Å²) in [6, 6.07) is 0. The molecule has 0 aromatic heterocycles. The zero-order chi connectivity index (χ0) is 7.61. The first-order chi connectivity index (χ1) is 4.61. The Kier molecular flexibility index (Phi) is 2.39. The first-order valence-corrected chi connectivity index (χ1v) is 5.02. The zero-order valence-corrected chi connectivity index (χ0v) is 6.62. The molecule has 0 saturated carbocycles. The molecule has 1 saturated heterocycles.